The zero-order valence-corrected chi connectivity index (χ0v) is 14.3. The third-order valence-corrected chi connectivity index (χ3v) is 4.37. The summed E-state index contributed by atoms with van der Waals surface area (Å²) in [6.07, 6.45) is 0.784. The molecule has 0 aromatic carbocycles. The smallest absolute Gasteiger partial charge is 0.233 e. The summed E-state index contributed by atoms with van der Waals surface area (Å²) in [7, 11) is 3.54. The molecule has 0 aliphatic rings. The number of rotatable bonds is 6. The molecule has 114 valence electrons. The van der Waals surface area contributed by atoms with Crippen LogP contribution in [0.15, 0.2) is 16.6 Å². The van der Waals surface area contributed by atoms with Gasteiger partial charge in [-0.3, -0.25) is 4.68 Å². The van der Waals surface area contributed by atoms with Crippen molar-refractivity contribution in [1.29, 1.82) is 0 Å². The number of methoxy groups -OCH3 is 1. The maximum absolute atomic E-state index is 5.05. The lowest BCUT2D eigenvalue weighted by molar-refractivity contribution is 0.389. The molecule has 0 saturated carbocycles. The van der Waals surface area contributed by atoms with Gasteiger partial charge in [0.05, 0.1) is 34.7 Å². The van der Waals surface area contributed by atoms with Crippen LogP contribution in [0, 0.1) is 6.92 Å². The van der Waals surface area contributed by atoms with E-state index in [1.165, 1.54) is 0 Å². The summed E-state index contributed by atoms with van der Waals surface area (Å²) in [6.45, 7) is 4.92. The van der Waals surface area contributed by atoms with Crippen molar-refractivity contribution >= 4 is 15.9 Å². The second-order valence-electron chi connectivity index (χ2n) is 4.78. The molecule has 0 saturated heterocycles. The fourth-order valence-electron chi connectivity index (χ4n) is 2.25. The van der Waals surface area contributed by atoms with E-state index in [0.717, 1.165) is 34.5 Å². The first-order chi connectivity index (χ1) is 10.1. The van der Waals surface area contributed by atoms with Gasteiger partial charge in [-0.25, -0.2) is 0 Å². The fraction of sp³-hybridized carbons (Fsp3) is 0.500. The van der Waals surface area contributed by atoms with Crippen molar-refractivity contribution in [2.24, 2.45) is 7.05 Å². The van der Waals surface area contributed by atoms with Crippen molar-refractivity contribution in [2.75, 3.05) is 13.7 Å². The molecule has 6 nitrogen and oxygen atoms in total. The van der Waals surface area contributed by atoms with Crippen molar-refractivity contribution in [2.45, 2.75) is 26.3 Å². The SMILES string of the molecule is CCNC(Cc1c(Br)c(C)nn1C)c1ccc(OC)nn1. The predicted molar refractivity (Wildman–Crippen MR) is 84.4 cm³/mol. The van der Waals surface area contributed by atoms with E-state index in [9.17, 15) is 0 Å². The lowest BCUT2D eigenvalue weighted by atomic mass is 10.1. The van der Waals surface area contributed by atoms with Crippen LogP contribution in [0.1, 0.15) is 30.0 Å². The van der Waals surface area contributed by atoms with Gasteiger partial charge < -0.3 is 10.1 Å². The first-order valence-electron chi connectivity index (χ1n) is 6.85. The fourth-order valence-corrected chi connectivity index (χ4v) is 2.75. The highest BCUT2D eigenvalue weighted by atomic mass is 79.9. The van der Waals surface area contributed by atoms with Crippen molar-refractivity contribution in [3.05, 3.63) is 33.7 Å². The largest absolute Gasteiger partial charge is 0.480 e. The minimum atomic E-state index is 0.0829. The zero-order chi connectivity index (χ0) is 15.4. The molecular weight excluding hydrogens is 334 g/mol. The summed E-state index contributed by atoms with van der Waals surface area (Å²) in [5.74, 6) is 0.520. The summed E-state index contributed by atoms with van der Waals surface area (Å²) < 4.78 is 8.01. The number of likely N-dealkylation sites (N-methyl/N-ethyl adjacent to an activating group) is 1. The average molecular weight is 354 g/mol. The molecule has 0 aliphatic heterocycles. The third kappa shape index (κ3) is 3.59. The summed E-state index contributed by atoms with van der Waals surface area (Å²) in [5.41, 5.74) is 3.02. The average Bonchev–Trinajstić information content (AvgIpc) is 2.73. The molecule has 2 heterocycles. The zero-order valence-electron chi connectivity index (χ0n) is 12.7. The number of halogens is 1. The maximum Gasteiger partial charge on any atom is 0.233 e. The first-order valence-corrected chi connectivity index (χ1v) is 7.65. The van der Waals surface area contributed by atoms with Crippen LogP contribution in [-0.4, -0.2) is 33.6 Å². The van der Waals surface area contributed by atoms with E-state index in [0.29, 0.717) is 5.88 Å². The van der Waals surface area contributed by atoms with Crippen LogP contribution in [0.5, 0.6) is 5.88 Å². The van der Waals surface area contributed by atoms with E-state index < -0.39 is 0 Å². The normalized spacial score (nSPS) is 12.4. The lowest BCUT2D eigenvalue weighted by Gasteiger charge is -2.17. The van der Waals surface area contributed by atoms with Gasteiger partial charge in [0.15, 0.2) is 0 Å². The van der Waals surface area contributed by atoms with Crippen LogP contribution in [0.4, 0.5) is 0 Å². The van der Waals surface area contributed by atoms with E-state index in [4.69, 9.17) is 4.74 Å². The van der Waals surface area contributed by atoms with Gasteiger partial charge in [0.1, 0.15) is 0 Å². The first kappa shape index (κ1) is 15.9. The Morgan fingerprint density at radius 3 is 2.62 bits per heavy atom. The van der Waals surface area contributed by atoms with Crippen LogP contribution >= 0.6 is 15.9 Å². The number of nitrogens with one attached hydrogen (secondary N) is 1. The number of nitrogens with zero attached hydrogens (tertiary/aromatic N) is 4. The standard InChI is InChI=1S/C14H20BrN5O/c1-5-16-11(10-6-7-13(21-4)18-17-10)8-12-14(15)9(2)19-20(12)3/h6-7,11,16H,5,8H2,1-4H3. The van der Waals surface area contributed by atoms with Crippen molar-refractivity contribution in [3.8, 4) is 5.88 Å². The molecule has 2 rings (SSSR count). The summed E-state index contributed by atoms with van der Waals surface area (Å²) in [6, 6.07) is 3.85. The maximum atomic E-state index is 5.05. The highest BCUT2D eigenvalue weighted by molar-refractivity contribution is 9.10. The van der Waals surface area contributed by atoms with E-state index >= 15 is 0 Å². The van der Waals surface area contributed by atoms with Gasteiger partial charge >= 0.3 is 0 Å². The molecule has 0 amide bonds. The summed E-state index contributed by atoms with van der Waals surface area (Å²) in [4.78, 5) is 0. The lowest BCUT2D eigenvalue weighted by Crippen LogP contribution is -2.25. The minimum Gasteiger partial charge on any atom is -0.480 e. The topological polar surface area (TPSA) is 64.9 Å². The minimum absolute atomic E-state index is 0.0829. The van der Waals surface area contributed by atoms with Crippen LogP contribution in [0.3, 0.4) is 0 Å². The van der Waals surface area contributed by atoms with Crippen molar-refractivity contribution < 1.29 is 4.74 Å². The number of hydrogen-bond acceptors (Lipinski definition) is 5. The van der Waals surface area contributed by atoms with Gasteiger partial charge in [0, 0.05) is 19.5 Å². The molecule has 0 aliphatic carbocycles. The predicted octanol–water partition coefficient (Wildman–Crippen LogP) is 2.18. The van der Waals surface area contributed by atoms with Crippen LogP contribution in [-0.2, 0) is 13.5 Å². The molecule has 0 spiro atoms. The monoisotopic (exact) mass is 353 g/mol. The third-order valence-electron chi connectivity index (χ3n) is 3.34. The van der Waals surface area contributed by atoms with Crippen LogP contribution in [0.25, 0.3) is 0 Å². The Bertz CT molecular complexity index is 596. The molecule has 1 N–H and O–H groups in total. The summed E-state index contributed by atoms with van der Waals surface area (Å²) >= 11 is 3.61. The molecular formula is C14H20BrN5O. The van der Waals surface area contributed by atoms with Gasteiger partial charge in [-0.1, -0.05) is 6.92 Å². The number of ether oxygens (including phenoxy) is 1. The Balaban J connectivity index is 2.25. The van der Waals surface area contributed by atoms with Crippen molar-refractivity contribution in [3.63, 3.8) is 0 Å². The van der Waals surface area contributed by atoms with Crippen molar-refractivity contribution in [1.82, 2.24) is 25.3 Å². The highest BCUT2D eigenvalue weighted by Gasteiger charge is 2.19. The second kappa shape index (κ2) is 7.00. The quantitative estimate of drug-likeness (QED) is 0.862. The molecule has 21 heavy (non-hydrogen) atoms. The molecule has 0 fully saturated rings. The van der Waals surface area contributed by atoms with E-state index in [1.54, 1.807) is 7.11 Å². The van der Waals surface area contributed by atoms with E-state index in [2.05, 4.69) is 43.5 Å². The van der Waals surface area contributed by atoms with Gasteiger partial charge in [0.25, 0.3) is 0 Å². The van der Waals surface area contributed by atoms with Crippen LogP contribution in [0.2, 0.25) is 0 Å². The number of hydrogen-bond donors (Lipinski definition) is 1. The number of aryl methyl sites for hydroxylation is 2. The molecule has 1 unspecified atom stereocenters. The Labute approximate surface area is 133 Å². The molecule has 0 bridgehead atoms. The Kier molecular flexibility index (Phi) is 5.30. The van der Waals surface area contributed by atoms with Gasteiger partial charge in [-0.15, -0.1) is 5.10 Å². The van der Waals surface area contributed by atoms with Gasteiger partial charge in [-0.2, -0.15) is 10.2 Å². The van der Waals surface area contributed by atoms with E-state index in [1.807, 2.05) is 30.8 Å². The number of aromatic nitrogens is 4. The van der Waals surface area contributed by atoms with E-state index in [-0.39, 0.29) is 6.04 Å². The summed E-state index contributed by atoms with van der Waals surface area (Å²) in [5, 5.41) is 16.2. The Morgan fingerprint density at radius 2 is 2.14 bits per heavy atom. The second-order valence-corrected chi connectivity index (χ2v) is 5.58. The molecule has 2 aromatic rings. The highest BCUT2D eigenvalue weighted by Crippen LogP contribution is 2.25. The molecule has 2 aromatic heterocycles. The Morgan fingerprint density at radius 1 is 1.38 bits per heavy atom. The van der Waals surface area contributed by atoms with Gasteiger partial charge in [-0.05, 0) is 35.5 Å². The molecule has 1 atom stereocenters. The van der Waals surface area contributed by atoms with Gasteiger partial charge in [0.2, 0.25) is 5.88 Å². The Hall–Kier alpha value is -1.47. The molecule has 7 heteroatoms. The molecule has 0 radical (unpaired) electrons. The van der Waals surface area contributed by atoms with Crippen LogP contribution < -0.4 is 10.1 Å².